The lowest BCUT2D eigenvalue weighted by molar-refractivity contribution is 0.0828. The Kier molecular flexibility index (Phi) is 6.25. The van der Waals surface area contributed by atoms with E-state index in [9.17, 15) is 14.9 Å². The first-order valence-electron chi connectivity index (χ1n) is 8.79. The maximum absolute atomic E-state index is 13.2. The minimum absolute atomic E-state index is 0.234. The molecule has 0 spiro atoms. The molecule has 0 aliphatic heterocycles. The first-order chi connectivity index (χ1) is 14.2. The van der Waals surface area contributed by atoms with Gasteiger partial charge in [-0.1, -0.05) is 11.6 Å². The summed E-state index contributed by atoms with van der Waals surface area (Å²) in [7, 11) is 3.21. The van der Waals surface area contributed by atoms with Crippen molar-refractivity contribution in [3.8, 4) is 11.9 Å². The fourth-order valence-corrected chi connectivity index (χ4v) is 3.57. The molecule has 0 unspecified atom stereocenters. The van der Waals surface area contributed by atoms with Crippen LogP contribution in [0, 0.1) is 18.3 Å². The second-order valence-electron chi connectivity index (χ2n) is 6.70. The Labute approximate surface area is 187 Å². The molecule has 1 N–H and O–H groups in total. The van der Waals surface area contributed by atoms with Crippen molar-refractivity contribution in [2.45, 2.75) is 6.92 Å². The summed E-state index contributed by atoms with van der Waals surface area (Å²) >= 11 is 9.63. The number of rotatable bonds is 4. The maximum atomic E-state index is 13.2. The highest BCUT2D eigenvalue weighted by Gasteiger charge is 2.22. The van der Waals surface area contributed by atoms with E-state index in [4.69, 9.17) is 11.6 Å². The van der Waals surface area contributed by atoms with Crippen LogP contribution in [0.4, 0.5) is 5.69 Å². The van der Waals surface area contributed by atoms with E-state index in [1.165, 1.54) is 11.0 Å². The molecule has 3 rings (SSSR count). The number of hydrogen-bond acceptors (Lipinski definition) is 4. The van der Waals surface area contributed by atoms with E-state index >= 15 is 0 Å². The first kappa shape index (κ1) is 21.6. The molecule has 30 heavy (non-hydrogen) atoms. The third-order valence-corrected chi connectivity index (χ3v) is 5.05. The number of carbonyl (C=O) groups excluding carboxylic acids is 2. The number of anilines is 1. The van der Waals surface area contributed by atoms with Crippen LogP contribution in [-0.4, -0.2) is 40.4 Å². The van der Waals surface area contributed by atoms with Gasteiger partial charge in [-0.05, 0) is 58.7 Å². The van der Waals surface area contributed by atoms with E-state index in [0.29, 0.717) is 32.1 Å². The number of halogens is 2. The van der Waals surface area contributed by atoms with Crippen molar-refractivity contribution in [2.75, 3.05) is 19.4 Å². The number of amides is 2. The molecule has 2 aromatic heterocycles. The Morgan fingerprint density at radius 3 is 2.67 bits per heavy atom. The van der Waals surface area contributed by atoms with Gasteiger partial charge >= 0.3 is 0 Å². The molecule has 2 heterocycles. The maximum Gasteiger partial charge on any atom is 0.272 e. The SMILES string of the molecule is Cc1cc(C#N)cc(C(=O)N(C)C)c1NC(=O)c1cc(Br)cn1-c1ncccc1Cl. The summed E-state index contributed by atoms with van der Waals surface area (Å²) in [4.78, 5) is 31.5. The number of aryl methyl sites for hydroxylation is 1. The molecule has 0 radical (unpaired) electrons. The number of nitrogens with zero attached hydrogens (tertiary/aromatic N) is 4. The number of pyridine rings is 1. The highest BCUT2D eigenvalue weighted by atomic mass is 79.9. The Morgan fingerprint density at radius 2 is 2.03 bits per heavy atom. The third-order valence-electron chi connectivity index (χ3n) is 4.33. The summed E-state index contributed by atoms with van der Waals surface area (Å²) in [5.74, 6) is -0.381. The van der Waals surface area contributed by atoms with Crippen molar-refractivity contribution in [1.29, 1.82) is 5.26 Å². The zero-order valence-electron chi connectivity index (χ0n) is 16.4. The molecule has 3 aromatic rings. The summed E-state index contributed by atoms with van der Waals surface area (Å²) in [5, 5.41) is 12.5. The van der Waals surface area contributed by atoms with Gasteiger partial charge in [0.1, 0.15) is 5.69 Å². The molecule has 0 aliphatic rings. The zero-order valence-corrected chi connectivity index (χ0v) is 18.7. The van der Waals surface area contributed by atoms with Gasteiger partial charge in [0, 0.05) is 31.0 Å². The normalized spacial score (nSPS) is 10.4. The highest BCUT2D eigenvalue weighted by molar-refractivity contribution is 9.10. The summed E-state index contributed by atoms with van der Waals surface area (Å²) < 4.78 is 2.23. The minimum atomic E-state index is -0.456. The Balaban J connectivity index is 2.07. The molecule has 0 saturated carbocycles. The molecule has 0 aliphatic carbocycles. The van der Waals surface area contributed by atoms with E-state index in [0.717, 1.165) is 0 Å². The van der Waals surface area contributed by atoms with Gasteiger partial charge in [-0.25, -0.2) is 4.98 Å². The summed E-state index contributed by atoms with van der Waals surface area (Å²) in [6, 6.07) is 10.1. The van der Waals surface area contributed by atoms with E-state index in [-0.39, 0.29) is 17.2 Å². The van der Waals surface area contributed by atoms with Gasteiger partial charge in [-0.2, -0.15) is 5.26 Å². The molecule has 7 nitrogen and oxygen atoms in total. The van der Waals surface area contributed by atoms with Crippen LogP contribution in [0.3, 0.4) is 0 Å². The largest absolute Gasteiger partial charge is 0.345 e. The standard InChI is InChI=1S/C21H17BrClN5O2/c1-12-7-13(10-24)8-15(21(30)27(2)3)18(12)26-20(29)17-9-14(22)11-28(17)19-16(23)5-4-6-25-19/h4-9,11H,1-3H3,(H,26,29). The number of nitrogens with one attached hydrogen (secondary N) is 1. The van der Waals surface area contributed by atoms with E-state index in [1.54, 1.807) is 62.2 Å². The molecule has 152 valence electrons. The summed E-state index contributed by atoms with van der Waals surface area (Å²) in [6.45, 7) is 1.73. The monoisotopic (exact) mass is 485 g/mol. The fourth-order valence-electron chi connectivity index (χ4n) is 2.94. The zero-order chi connectivity index (χ0) is 22.0. The lowest BCUT2D eigenvalue weighted by Gasteiger charge is -2.18. The average molecular weight is 487 g/mol. The third kappa shape index (κ3) is 4.22. The van der Waals surface area contributed by atoms with Crippen molar-refractivity contribution < 1.29 is 9.59 Å². The molecule has 1 aromatic carbocycles. The van der Waals surface area contributed by atoms with Crippen LogP contribution >= 0.6 is 27.5 Å². The molecular weight excluding hydrogens is 470 g/mol. The second-order valence-corrected chi connectivity index (χ2v) is 8.03. The van der Waals surface area contributed by atoms with Gasteiger partial charge in [-0.15, -0.1) is 0 Å². The lowest BCUT2D eigenvalue weighted by atomic mass is 10.0. The molecular formula is C21H17BrClN5O2. The van der Waals surface area contributed by atoms with Crippen LogP contribution in [0.2, 0.25) is 5.02 Å². The number of carbonyl (C=O) groups is 2. The van der Waals surface area contributed by atoms with Gasteiger partial charge in [0.2, 0.25) is 0 Å². The van der Waals surface area contributed by atoms with Crippen molar-refractivity contribution >= 4 is 45.0 Å². The Morgan fingerprint density at radius 1 is 1.30 bits per heavy atom. The van der Waals surface area contributed by atoms with Crippen LogP contribution < -0.4 is 5.32 Å². The van der Waals surface area contributed by atoms with Crippen LogP contribution in [0.5, 0.6) is 0 Å². The smallest absolute Gasteiger partial charge is 0.272 e. The van der Waals surface area contributed by atoms with Gasteiger partial charge in [0.15, 0.2) is 5.82 Å². The van der Waals surface area contributed by atoms with E-state index < -0.39 is 5.91 Å². The first-order valence-corrected chi connectivity index (χ1v) is 9.96. The quantitative estimate of drug-likeness (QED) is 0.591. The average Bonchev–Trinajstić information content (AvgIpc) is 3.10. The molecule has 0 bridgehead atoms. The molecule has 2 amide bonds. The van der Waals surface area contributed by atoms with Crippen LogP contribution in [-0.2, 0) is 0 Å². The van der Waals surface area contributed by atoms with Gasteiger partial charge < -0.3 is 10.2 Å². The lowest BCUT2D eigenvalue weighted by Crippen LogP contribution is -2.25. The molecule has 0 atom stereocenters. The number of benzene rings is 1. The van der Waals surface area contributed by atoms with Gasteiger partial charge in [0.25, 0.3) is 11.8 Å². The number of hydrogen-bond donors (Lipinski definition) is 1. The van der Waals surface area contributed by atoms with Crippen molar-refractivity contribution in [3.05, 3.63) is 74.6 Å². The summed E-state index contributed by atoms with van der Waals surface area (Å²) in [6.07, 6.45) is 3.26. The molecule has 9 heteroatoms. The predicted molar refractivity (Wildman–Crippen MR) is 118 cm³/mol. The summed E-state index contributed by atoms with van der Waals surface area (Å²) in [5.41, 5.74) is 1.78. The van der Waals surface area contributed by atoms with Crippen LogP contribution in [0.1, 0.15) is 32.0 Å². The molecule has 0 fully saturated rings. The minimum Gasteiger partial charge on any atom is -0.345 e. The number of aromatic nitrogens is 2. The highest BCUT2D eigenvalue weighted by Crippen LogP contribution is 2.27. The van der Waals surface area contributed by atoms with Gasteiger partial charge in [0.05, 0.1) is 27.9 Å². The molecule has 0 saturated heterocycles. The van der Waals surface area contributed by atoms with Crippen molar-refractivity contribution in [3.63, 3.8) is 0 Å². The van der Waals surface area contributed by atoms with Crippen LogP contribution in [0.15, 0.2) is 47.2 Å². The van der Waals surface area contributed by atoms with Gasteiger partial charge in [-0.3, -0.25) is 14.2 Å². The van der Waals surface area contributed by atoms with Crippen molar-refractivity contribution in [1.82, 2.24) is 14.5 Å². The second kappa shape index (κ2) is 8.69. The van der Waals surface area contributed by atoms with Crippen molar-refractivity contribution in [2.24, 2.45) is 0 Å². The van der Waals surface area contributed by atoms with E-state index in [1.807, 2.05) is 6.07 Å². The number of nitriles is 1. The Hall–Kier alpha value is -3.15. The fraction of sp³-hybridized carbons (Fsp3) is 0.143. The topological polar surface area (TPSA) is 91.0 Å². The van der Waals surface area contributed by atoms with E-state index in [2.05, 4.69) is 26.2 Å². The van der Waals surface area contributed by atoms with Crippen LogP contribution in [0.25, 0.3) is 5.82 Å². The predicted octanol–water partition coefficient (Wildman–Crippen LogP) is 4.42. The Bertz CT molecular complexity index is 1200.